The van der Waals surface area contributed by atoms with Crippen LogP contribution in [0.4, 0.5) is 13.2 Å². The van der Waals surface area contributed by atoms with E-state index in [-0.39, 0.29) is 42.3 Å². The number of aryl methyl sites for hydroxylation is 1. The van der Waals surface area contributed by atoms with Gasteiger partial charge >= 0.3 is 0 Å². The van der Waals surface area contributed by atoms with E-state index in [4.69, 9.17) is 4.52 Å². The minimum Gasteiger partial charge on any atom is -0.337 e. The molecule has 4 aromatic rings. The maximum Gasteiger partial charge on any atom is 0.280 e. The number of rotatable bonds is 5. The van der Waals surface area contributed by atoms with E-state index in [0.29, 0.717) is 17.0 Å². The van der Waals surface area contributed by atoms with E-state index < -0.39 is 17.7 Å². The highest BCUT2D eigenvalue weighted by molar-refractivity contribution is 5.68. The Balaban J connectivity index is 1.29. The zero-order valence-corrected chi connectivity index (χ0v) is 16.4. The standard InChI is InChI=1S/C20H17F3N6O2/c1-28-9-24-18-16(28)19(30)29(10-25-18)8-15-26-17(27-31-15)11-5-13(6-11)20(22,23)12-3-2-4-14(21)7-12/h2-4,7,9-11,13H,5-6,8H2,1H3/t11-,13-. The van der Waals surface area contributed by atoms with Gasteiger partial charge in [-0.2, -0.15) is 4.98 Å². The third kappa shape index (κ3) is 3.29. The van der Waals surface area contributed by atoms with Gasteiger partial charge in [0.25, 0.3) is 11.5 Å². The minimum atomic E-state index is -3.14. The molecule has 1 saturated carbocycles. The number of hydrogen-bond donors (Lipinski definition) is 0. The number of benzene rings is 1. The fraction of sp³-hybridized carbons (Fsp3) is 0.350. The molecule has 0 aliphatic heterocycles. The summed E-state index contributed by atoms with van der Waals surface area (Å²) in [5, 5.41) is 3.89. The van der Waals surface area contributed by atoms with E-state index in [1.807, 2.05) is 0 Å². The molecule has 0 spiro atoms. The molecule has 1 aromatic carbocycles. The Labute approximate surface area is 173 Å². The second kappa shape index (κ2) is 7.03. The van der Waals surface area contributed by atoms with E-state index in [1.165, 1.54) is 29.4 Å². The van der Waals surface area contributed by atoms with Crippen LogP contribution in [0.2, 0.25) is 0 Å². The van der Waals surface area contributed by atoms with Crippen molar-refractivity contribution in [1.29, 1.82) is 0 Å². The first-order valence-corrected chi connectivity index (χ1v) is 9.65. The van der Waals surface area contributed by atoms with E-state index in [9.17, 15) is 18.0 Å². The van der Waals surface area contributed by atoms with Crippen LogP contribution in [0.3, 0.4) is 0 Å². The van der Waals surface area contributed by atoms with Crippen molar-refractivity contribution < 1.29 is 17.7 Å². The van der Waals surface area contributed by atoms with E-state index in [0.717, 1.165) is 12.1 Å². The van der Waals surface area contributed by atoms with Gasteiger partial charge in [-0.3, -0.25) is 9.36 Å². The Hall–Kier alpha value is -3.50. The van der Waals surface area contributed by atoms with Gasteiger partial charge in [0, 0.05) is 24.4 Å². The van der Waals surface area contributed by atoms with Crippen LogP contribution in [-0.4, -0.2) is 29.2 Å². The first-order chi connectivity index (χ1) is 14.8. The van der Waals surface area contributed by atoms with E-state index in [1.54, 1.807) is 11.6 Å². The van der Waals surface area contributed by atoms with Crippen molar-refractivity contribution in [2.45, 2.75) is 31.2 Å². The van der Waals surface area contributed by atoms with Crippen LogP contribution in [0.1, 0.15) is 36.0 Å². The van der Waals surface area contributed by atoms with E-state index >= 15 is 0 Å². The highest BCUT2D eigenvalue weighted by atomic mass is 19.3. The third-order valence-electron chi connectivity index (χ3n) is 5.72. The molecule has 0 saturated heterocycles. The summed E-state index contributed by atoms with van der Waals surface area (Å²) in [7, 11) is 1.69. The molecule has 0 unspecified atom stereocenters. The lowest BCUT2D eigenvalue weighted by molar-refractivity contribution is -0.102. The Kier molecular flexibility index (Phi) is 4.42. The Bertz CT molecular complexity index is 1320. The molecule has 8 nitrogen and oxygen atoms in total. The predicted molar refractivity (Wildman–Crippen MR) is 102 cm³/mol. The topological polar surface area (TPSA) is 91.6 Å². The minimum absolute atomic E-state index is 0.00948. The monoisotopic (exact) mass is 430 g/mol. The van der Waals surface area contributed by atoms with Gasteiger partial charge in [-0.05, 0) is 25.0 Å². The van der Waals surface area contributed by atoms with Gasteiger partial charge in [-0.25, -0.2) is 23.1 Å². The lowest BCUT2D eigenvalue weighted by Crippen LogP contribution is -2.36. The summed E-state index contributed by atoms with van der Waals surface area (Å²) in [5.74, 6) is -4.53. The molecule has 0 atom stereocenters. The normalized spacial score (nSPS) is 19.0. The van der Waals surface area contributed by atoms with Crippen molar-refractivity contribution in [1.82, 2.24) is 29.2 Å². The van der Waals surface area contributed by atoms with Crippen LogP contribution in [0, 0.1) is 11.7 Å². The van der Waals surface area contributed by atoms with Crippen molar-refractivity contribution in [3.8, 4) is 0 Å². The maximum atomic E-state index is 14.7. The fourth-order valence-electron chi connectivity index (χ4n) is 3.88. The number of nitrogens with zero attached hydrogens (tertiary/aromatic N) is 6. The SMILES string of the molecule is Cn1cnc2ncn(Cc3nc([C@H]4C[C@H](C(F)(F)c5cccc(F)c5)C4)no3)c(=O)c21. The molecule has 160 valence electrons. The highest BCUT2D eigenvalue weighted by Crippen LogP contribution is 2.52. The van der Waals surface area contributed by atoms with Gasteiger partial charge in [0.1, 0.15) is 18.7 Å². The second-order valence-electron chi connectivity index (χ2n) is 7.75. The van der Waals surface area contributed by atoms with Crippen LogP contribution in [0.15, 0.2) is 46.2 Å². The molecule has 5 rings (SSSR count). The molecular weight excluding hydrogens is 413 g/mol. The van der Waals surface area contributed by atoms with Crippen molar-refractivity contribution >= 4 is 11.2 Å². The average Bonchev–Trinajstić information content (AvgIpc) is 3.30. The van der Waals surface area contributed by atoms with Crippen LogP contribution >= 0.6 is 0 Å². The molecule has 31 heavy (non-hydrogen) atoms. The molecule has 0 amide bonds. The number of fused-ring (bicyclic) bond motifs is 1. The smallest absolute Gasteiger partial charge is 0.280 e. The van der Waals surface area contributed by atoms with Crippen molar-refractivity contribution in [2.75, 3.05) is 0 Å². The maximum absolute atomic E-state index is 14.7. The Morgan fingerprint density at radius 1 is 1.23 bits per heavy atom. The van der Waals surface area contributed by atoms with Crippen LogP contribution < -0.4 is 5.56 Å². The summed E-state index contributed by atoms with van der Waals surface area (Å²) in [6.45, 7) is 0.00948. The largest absolute Gasteiger partial charge is 0.337 e. The van der Waals surface area contributed by atoms with Crippen molar-refractivity contribution in [2.24, 2.45) is 13.0 Å². The van der Waals surface area contributed by atoms with Gasteiger partial charge in [0.2, 0.25) is 5.89 Å². The molecule has 3 heterocycles. The molecule has 11 heteroatoms. The molecule has 0 N–H and O–H groups in total. The van der Waals surface area contributed by atoms with Gasteiger partial charge in [-0.1, -0.05) is 17.3 Å². The molecule has 1 aliphatic carbocycles. The number of halogens is 3. The Morgan fingerprint density at radius 3 is 2.77 bits per heavy atom. The summed E-state index contributed by atoms with van der Waals surface area (Å²) in [5.41, 5.74) is 0.0590. The van der Waals surface area contributed by atoms with E-state index in [2.05, 4.69) is 20.1 Å². The van der Waals surface area contributed by atoms with Crippen molar-refractivity contribution in [3.63, 3.8) is 0 Å². The van der Waals surface area contributed by atoms with Crippen molar-refractivity contribution in [3.05, 3.63) is 70.4 Å². The molecule has 0 radical (unpaired) electrons. The zero-order valence-electron chi connectivity index (χ0n) is 16.4. The highest BCUT2D eigenvalue weighted by Gasteiger charge is 2.50. The molecule has 1 aliphatic rings. The van der Waals surface area contributed by atoms with Crippen LogP contribution in [-0.2, 0) is 19.5 Å². The summed E-state index contributed by atoms with van der Waals surface area (Å²) in [4.78, 5) is 25.0. The Morgan fingerprint density at radius 2 is 2.00 bits per heavy atom. The first kappa shape index (κ1) is 19.5. The molecule has 0 bridgehead atoms. The third-order valence-corrected chi connectivity index (χ3v) is 5.72. The summed E-state index contributed by atoms with van der Waals surface area (Å²) in [6.07, 6.45) is 3.16. The molecule has 1 fully saturated rings. The van der Waals surface area contributed by atoms with Gasteiger partial charge in [0.05, 0.1) is 6.33 Å². The summed E-state index contributed by atoms with van der Waals surface area (Å²) >= 11 is 0. The fourth-order valence-corrected chi connectivity index (χ4v) is 3.88. The molecule has 3 aromatic heterocycles. The summed E-state index contributed by atoms with van der Waals surface area (Å²) < 4.78 is 50.8. The first-order valence-electron chi connectivity index (χ1n) is 9.65. The van der Waals surface area contributed by atoms with Gasteiger partial charge < -0.3 is 9.09 Å². The quantitative estimate of drug-likeness (QED) is 0.484. The lowest BCUT2D eigenvalue weighted by atomic mass is 9.69. The van der Waals surface area contributed by atoms with Gasteiger partial charge in [-0.15, -0.1) is 0 Å². The molecular formula is C20H17F3N6O2. The predicted octanol–water partition coefficient (Wildman–Crippen LogP) is 2.99. The average molecular weight is 430 g/mol. The number of hydrogen-bond acceptors (Lipinski definition) is 6. The van der Waals surface area contributed by atoms with Gasteiger partial charge in [0.15, 0.2) is 17.0 Å². The van der Waals surface area contributed by atoms with Crippen LogP contribution in [0.25, 0.3) is 11.2 Å². The summed E-state index contributed by atoms with van der Waals surface area (Å²) in [6, 6.07) is 4.51. The zero-order chi connectivity index (χ0) is 21.8. The second-order valence-corrected chi connectivity index (χ2v) is 7.75. The number of alkyl halides is 2. The number of aromatic nitrogens is 6. The lowest BCUT2D eigenvalue weighted by Gasteiger charge is -2.38. The van der Waals surface area contributed by atoms with Crippen LogP contribution in [0.5, 0.6) is 0 Å². The number of imidazole rings is 1.